The number of H-pyrrole nitrogens is 1. The van der Waals surface area contributed by atoms with Crippen molar-refractivity contribution < 1.29 is 13.2 Å². The van der Waals surface area contributed by atoms with Crippen LogP contribution in [0.5, 0.6) is 0 Å². The molecule has 1 aromatic heterocycles. The van der Waals surface area contributed by atoms with Gasteiger partial charge in [-0.15, -0.1) is 0 Å². The van der Waals surface area contributed by atoms with Crippen LogP contribution in [0.1, 0.15) is 42.3 Å². The summed E-state index contributed by atoms with van der Waals surface area (Å²) >= 11 is 0. The lowest BCUT2D eigenvalue weighted by atomic mass is 10.0. The first-order valence-corrected chi connectivity index (χ1v) is 10.3. The molecule has 1 aliphatic heterocycles. The van der Waals surface area contributed by atoms with Gasteiger partial charge in [-0.3, -0.25) is 9.89 Å². The quantitative estimate of drug-likeness (QED) is 0.835. The SMILES string of the molecule is Cc1n[nH]c(C)c1S(=O)(=O)N[C@H](C(=O)N1CCCCC1)c1ccccc1. The molecule has 2 N–H and O–H groups in total. The highest BCUT2D eigenvalue weighted by Gasteiger charge is 2.33. The smallest absolute Gasteiger partial charge is 0.245 e. The highest BCUT2D eigenvalue weighted by Crippen LogP contribution is 2.24. The summed E-state index contributed by atoms with van der Waals surface area (Å²) in [5.41, 5.74) is 1.46. The Labute approximate surface area is 153 Å². The summed E-state index contributed by atoms with van der Waals surface area (Å²) in [5.74, 6) is -0.210. The van der Waals surface area contributed by atoms with E-state index in [0.29, 0.717) is 30.0 Å². The monoisotopic (exact) mass is 376 g/mol. The number of sulfonamides is 1. The molecule has 0 aliphatic carbocycles. The molecule has 7 nitrogen and oxygen atoms in total. The van der Waals surface area contributed by atoms with E-state index in [-0.39, 0.29) is 10.8 Å². The lowest BCUT2D eigenvalue weighted by molar-refractivity contribution is -0.134. The normalized spacial score (nSPS) is 16.5. The lowest BCUT2D eigenvalue weighted by Gasteiger charge is -2.31. The van der Waals surface area contributed by atoms with Crippen molar-refractivity contribution in [2.75, 3.05) is 13.1 Å². The molecule has 1 fully saturated rings. The van der Waals surface area contributed by atoms with Crippen LogP contribution < -0.4 is 4.72 Å². The third-order valence-corrected chi connectivity index (χ3v) is 6.33. The molecule has 26 heavy (non-hydrogen) atoms. The van der Waals surface area contributed by atoms with Crippen molar-refractivity contribution in [3.63, 3.8) is 0 Å². The zero-order chi connectivity index (χ0) is 18.7. The van der Waals surface area contributed by atoms with Crippen molar-refractivity contribution in [3.8, 4) is 0 Å². The van der Waals surface area contributed by atoms with Gasteiger partial charge in [-0.2, -0.15) is 9.82 Å². The fourth-order valence-electron chi connectivity index (χ4n) is 3.35. The Hall–Kier alpha value is -2.19. The van der Waals surface area contributed by atoms with E-state index in [0.717, 1.165) is 19.3 Å². The van der Waals surface area contributed by atoms with Gasteiger partial charge in [0.1, 0.15) is 10.9 Å². The largest absolute Gasteiger partial charge is 0.341 e. The van der Waals surface area contributed by atoms with Gasteiger partial charge in [-0.25, -0.2) is 8.42 Å². The average molecular weight is 376 g/mol. The number of benzene rings is 1. The molecule has 0 bridgehead atoms. The summed E-state index contributed by atoms with van der Waals surface area (Å²) in [7, 11) is -3.90. The molecule has 1 aliphatic rings. The van der Waals surface area contributed by atoms with E-state index in [1.165, 1.54) is 0 Å². The first-order chi connectivity index (χ1) is 12.4. The van der Waals surface area contributed by atoms with Crippen LogP contribution in [0.25, 0.3) is 0 Å². The number of piperidine rings is 1. The Balaban J connectivity index is 1.95. The molecule has 1 amide bonds. The van der Waals surface area contributed by atoms with E-state index in [9.17, 15) is 13.2 Å². The van der Waals surface area contributed by atoms with Crippen LogP contribution in [0.15, 0.2) is 35.2 Å². The Bertz CT molecular complexity index is 852. The minimum absolute atomic E-state index is 0.102. The third-order valence-electron chi connectivity index (χ3n) is 4.65. The van der Waals surface area contributed by atoms with Crippen molar-refractivity contribution in [1.29, 1.82) is 0 Å². The summed E-state index contributed by atoms with van der Waals surface area (Å²) in [6.07, 6.45) is 2.98. The Morgan fingerprint density at radius 2 is 1.81 bits per heavy atom. The second-order valence-corrected chi connectivity index (χ2v) is 8.26. The van der Waals surface area contributed by atoms with Crippen LogP contribution in [0.3, 0.4) is 0 Å². The number of nitrogens with one attached hydrogen (secondary N) is 2. The molecular weight excluding hydrogens is 352 g/mol. The van der Waals surface area contributed by atoms with Crippen molar-refractivity contribution >= 4 is 15.9 Å². The highest BCUT2D eigenvalue weighted by molar-refractivity contribution is 7.89. The number of hydrogen-bond donors (Lipinski definition) is 2. The molecule has 3 rings (SSSR count). The van der Waals surface area contributed by atoms with Gasteiger partial charge in [0.2, 0.25) is 15.9 Å². The number of likely N-dealkylation sites (tertiary alicyclic amines) is 1. The molecular formula is C18H24N4O3S. The van der Waals surface area contributed by atoms with Crippen LogP contribution in [-0.2, 0) is 14.8 Å². The Kier molecular flexibility index (Phi) is 5.43. The fourth-order valence-corrected chi connectivity index (χ4v) is 4.90. The minimum atomic E-state index is -3.90. The maximum absolute atomic E-state index is 13.1. The maximum Gasteiger partial charge on any atom is 0.245 e. The fraction of sp³-hybridized carbons (Fsp3) is 0.444. The molecule has 2 heterocycles. The summed E-state index contributed by atoms with van der Waals surface area (Å²) in [4.78, 5) is 14.9. The van der Waals surface area contributed by atoms with E-state index in [1.54, 1.807) is 43.0 Å². The zero-order valence-corrected chi connectivity index (χ0v) is 15.8. The number of aromatic nitrogens is 2. The highest BCUT2D eigenvalue weighted by atomic mass is 32.2. The molecule has 140 valence electrons. The summed E-state index contributed by atoms with van der Waals surface area (Å²) < 4.78 is 28.5. The van der Waals surface area contributed by atoms with E-state index in [1.807, 2.05) is 6.07 Å². The van der Waals surface area contributed by atoms with Crippen LogP contribution >= 0.6 is 0 Å². The van der Waals surface area contributed by atoms with Crippen molar-refractivity contribution in [3.05, 3.63) is 47.3 Å². The predicted octanol–water partition coefficient (Wildman–Crippen LogP) is 2.06. The molecule has 0 radical (unpaired) electrons. The summed E-state index contributed by atoms with van der Waals surface area (Å²) in [6.45, 7) is 4.60. The average Bonchev–Trinajstić information content (AvgIpc) is 3.00. The summed E-state index contributed by atoms with van der Waals surface area (Å²) in [6, 6.07) is 8.02. The van der Waals surface area contributed by atoms with Gasteiger partial charge in [0.25, 0.3) is 0 Å². The summed E-state index contributed by atoms with van der Waals surface area (Å²) in [5, 5.41) is 6.64. The zero-order valence-electron chi connectivity index (χ0n) is 15.0. The molecule has 0 unspecified atom stereocenters. The van der Waals surface area contributed by atoms with Gasteiger partial charge in [0, 0.05) is 13.1 Å². The molecule has 0 saturated carbocycles. The van der Waals surface area contributed by atoms with Gasteiger partial charge in [0.15, 0.2) is 0 Å². The van der Waals surface area contributed by atoms with E-state index < -0.39 is 16.1 Å². The topological polar surface area (TPSA) is 95.2 Å². The molecule has 1 aromatic carbocycles. The molecule has 2 aromatic rings. The standard InChI is InChI=1S/C18H24N4O3S/c1-13-17(14(2)20-19-13)26(24,25)21-16(15-9-5-3-6-10-15)18(23)22-11-7-4-8-12-22/h3,5-6,9-10,16,21H,4,7-8,11-12H2,1-2H3,(H,19,20)/t16-/m0/s1. The van der Waals surface area contributed by atoms with Crippen molar-refractivity contribution in [1.82, 2.24) is 19.8 Å². The van der Waals surface area contributed by atoms with Gasteiger partial charge < -0.3 is 4.90 Å². The Morgan fingerprint density at radius 1 is 1.15 bits per heavy atom. The second-order valence-electron chi connectivity index (χ2n) is 6.61. The maximum atomic E-state index is 13.1. The van der Waals surface area contributed by atoms with Crippen LogP contribution in [0, 0.1) is 13.8 Å². The van der Waals surface area contributed by atoms with Crippen LogP contribution in [0.4, 0.5) is 0 Å². The number of rotatable bonds is 5. The van der Waals surface area contributed by atoms with E-state index >= 15 is 0 Å². The molecule has 1 atom stereocenters. The molecule has 0 spiro atoms. The Morgan fingerprint density at radius 3 is 2.38 bits per heavy atom. The van der Waals surface area contributed by atoms with E-state index in [4.69, 9.17) is 0 Å². The number of nitrogens with zero attached hydrogens (tertiary/aromatic N) is 2. The van der Waals surface area contributed by atoms with Gasteiger partial charge in [-0.1, -0.05) is 30.3 Å². The minimum Gasteiger partial charge on any atom is -0.341 e. The van der Waals surface area contributed by atoms with Crippen molar-refractivity contribution in [2.24, 2.45) is 0 Å². The van der Waals surface area contributed by atoms with Crippen LogP contribution in [-0.4, -0.2) is 42.5 Å². The van der Waals surface area contributed by atoms with Gasteiger partial charge in [-0.05, 0) is 38.7 Å². The number of aryl methyl sites for hydroxylation is 2. The number of amides is 1. The van der Waals surface area contributed by atoms with Crippen LogP contribution in [0.2, 0.25) is 0 Å². The number of carbonyl (C=O) groups excluding carboxylic acids is 1. The number of carbonyl (C=O) groups is 1. The first kappa shape index (κ1) is 18.6. The third kappa shape index (κ3) is 3.81. The van der Waals surface area contributed by atoms with E-state index in [2.05, 4.69) is 14.9 Å². The van der Waals surface area contributed by atoms with Gasteiger partial charge >= 0.3 is 0 Å². The molecule has 1 saturated heterocycles. The number of hydrogen-bond acceptors (Lipinski definition) is 4. The van der Waals surface area contributed by atoms with Crippen molar-refractivity contribution in [2.45, 2.75) is 44.0 Å². The first-order valence-electron chi connectivity index (χ1n) is 8.78. The predicted molar refractivity (Wildman–Crippen MR) is 98.0 cm³/mol. The lowest BCUT2D eigenvalue weighted by Crippen LogP contribution is -2.45. The van der Waals surface area contributed by atoms with Gasteiger partial charge in [0.05, 0.1) is 11.4 Å². The second kappa shape index (κ2) is 7.59. The number of aromatic amines is 1. The molecule has 8 heteroatoms.